The zero-order valence-electron chi connectivity index (χ0n) is 15.4. The van der Waals surface area contributed by atoms with Crippen molar-refractivity contribution in [3.05, 3.63) is 74.1 Å². The highest BCUT2D eigenvalue weighted by Gasteiger charge is 2.23. The zero-order chi connectivity index (χ0) is 19.4. The second-order valence-corrected chi connectivity index (χ2v) is 7.16. The van der Waals surface area contributed by atoms with Crippen LogP contribution in [0.15, 0.2) is 47.8 Å². The van der Waals surface area contributed by atoms with E-state index in [2.05, 4.69) is 10.3 Å². The lowest BCUT2D eigenvalue weighted by Crippen LogP contribution is -2.11. The van der Waals surface area contributed by atoms with E-state index >= 15 is 0 Å². The first-order valence-corrected chi connectivity index (χ1v) is 9.46. The maximum Gasteiger partial charge on any atom is 0.311 e. The summed E-state index contributed by atoms with van der Waals surface area (Å²) in [6.45, 7) is 4.11. The van der Waals surface area contributed by atoms with Gasteiger partial charge in [0.05, 0.1) is 22.2 Å². The third kappa shape index (κ3) is 4.32. The third-order valence-corrected chi connectivity index (χ3v) is 5.27. The summed E-state index contributed by atoms with van der Waals surface area (Å²) in [5.41, 5.74) is 3.02. The summed E-state index contributed by atoms with van der Waals surface area (Å²) in [6.07, 6.45) is 0. The number of rotatable bonds is 7. The van der Waals surface area contributed by atoms with Crippen molar-refractivity contribution in [1.82, 2.24) is 10.3 Å². The first kappa shape index (κ1) is 19.0. The summed E-state index contributed by atoms with van der Waals surface area (Å²) < 4.78 is 5.93. The van der Waals surface area contributed by atoms with Crippen molar-refractivity contribution < 1.29 is 9.66 Å². The van der Waals surface area contributed by atoms with Gasteiger partial charge in [0.25, 0.3) is 0 Å². The molecule has 0 aliphatic heterocycles. The van der Waals surface area contributed by atoms with E-state index in [1.807, 2.05) is 62.7 Å². The van der Waals surface area contributed by atoms with Gasteiger partial charge in [-0.15, -0.1) is 11.3 Å². The molecule has 2 aromatic carbocycles. The molecule has 1 N–H and O–H groups in total. The minimum absolute atomic E-state index is 0.0443. The summed E-state index contributed by atoms with van der Waals surface area (Å²) >= 11 is 1.52. The molecule has 27 heavy (non-hydrogen) atoms. The molecule has 0 spiro atoms. The predicted molar refractivity (Wildman–Crippen MR) is 107 cm³/mol. The van der Waals surface area contributed by atoms with Crippen LogP contribution in [0.3, 0.4) is 0 Å². The Balaban J connectivity index is 2.03. The Morgan fingerprint density at radius 2 is 2.04 bits per heavy atom. The molecule has 1 atom stereocenters. The van der Waals surface area contributed by atoms with Gasteiger partial charge in [-0.1, -0.05) is 30.3 Å². The summed E-state index contributed by atoms with van der Waals surface area (Å²) in [5, 5.41) is 17.6. The number of benzene rings is 2. The van der Waals surface area contributed by atoms with Gasteiger partial charge in [-0.3, -0.25) is 10.1 Å². The van der Waals surface area contributed by atoms with Crippen LogP contribution in [0, 0.1) is 17.0 Å². The number of nitro groups is 1. The SMILES string of the molecule is CNC(C)c1nc(-c2cc(C)cc([N+](=O)[O-])c2OCc2ccccc2)cs1. The fourth-order valence-electron chi connectivity index (χ4n) is 2.70. The molecule has 140 valence electrons. The number of hydrogen-bond acceptors (Lipinski definition) is 6. The number of nitro benzene ring substituents is 1. The molecule has 3 aromatic rings. The van der Waals surface area contributed by atoms with Crippen molar-refractivity contribution in [2.45, 2.75) is 26.5 Å². The van der Waals surface area contributed by atoms with E-state index in [1.165, 1.54) is 17.4 Å². The smallest absolute Gasteiger partial charge is 0.311 e. The average molecular weight is 383 g/mol. The second-order valence-electron chi connectivity index (χ2n) is 6.27. The van der Waals surface area contributed by atoms with Gasteiger partial charge in [0, 0.05) is 11.4 Å². The lowest BCUT2D eigenvalue weighted by atomic mass is 10.1. The minimum Gasteiger partial charge on any atom is -0.481 e. The minimum atomic E-state index is -0.402. The second kappa shape index (κ2) is 8.28. The third-order valence-electron chi connectivity index (χ3n) is 4.24. The molecule has 0 radical (unpaired) electrons. The molecule has 0 saturated heterocycles. The van der Waals surface area contributed by atoms with Crippen LogP contribution in [0.2, 0.25) is 0 Å². The molecule has 3 rings (SSSR count). The van der Waals surface area contributed by atoms with Gasteiger partial charge in [-0.25, -0.2) is 4.98 Å². The van der Waals surface area contributed by atoms with E-state index in [1.54, 1.807) is 0 Å². The first-order chi connectivity index (χ1) is 13.0. The van der Waals surface area contributed by atoms with Crippen LogP contribution in [-0.2, 0) is 6.61 Å². The number of nitrogens with one attached hydrogen (secondary N) is 1. The highest BCUT2D eigenvalue weighted by molar-refractivity contribution is 7.10. The van der Waals surface area contributed by atoms with E-state index in [4.69, 9.17) is 4.74 Å². The van der Waals surface area contributed by atoms with Crippen LogP contribution in [-0.4, -0.2) is 17.0 Å². The van der Waals surface area contributed by atoms with Crippen LogP contribution in [0.25, 0.3) is 11.3 Å². The molecule has 1 aromatic heterocycles. The quantitative estimate of drug-likeness (QED) is 0.464. The van der Waals surface area contributed by atoms with E-state index in [0.717, 1.165) is 16.1 Å². The molecule has 7 heteroatoms. The Morgan fingerprint density at radius 1 is 1.30 bits per heavy atom. The number of thiazole rings is 1. The molecule has 0 aliphatic carbocycles. The van der Waals surface area contributed by atoms with Crippen LogP contribution in [0.4, 0.5) is 5.69 Å². The fourth-order valence-corrected chi connectivity index (χ4v) is 3.58. The van der Waals surface area contributed by atoms with Gasteiger partial charge in [0.2, 0.25) is 5.75 Å². The monoisotopic (exact) mass is 383 g/mol. The van der Waals surface area contributed by atoms with Crippen LogP contribution >= 0.6 is 11.3 Å². The van der Waals surface area contributed by atoms with Gasteiger partial charge in [0.1, 0.15) is 11.6 Å². The van der Waals surface area contributed by atoms with E-state index in [0.29, 0.717) is 11.3 Å². The standard InChI is InChI=1S/C20H21N3O3S/c1-13-9-16(17-12-27-20(22-17)14(2)21-3)19(18(10-13)23(24)25)26-11-15-7-5-4-6-8-15/h4-10,12,14,21H,11H2,1-3H3. The van der Waals surface area contributed by atoms with Gasteiger partial charge < -0.3 is 10.1 Å². The van der Waals surface area contributed by atoms with Crippen molar-refractivity contribution in [3.8, 4) is 17.0 Å². The lowest BCUT2D eigenvalue weighted by Gasteiger charge is -2.12. The van der Waals surface area contributed by atoms with Crippen molar-refractivity contribution in [2.24, 2.45) is 0 Å². The molecule has 1 heterocycles. The zero-order valence-corrected chi connectivity index (χ0v) is 16.2. The topological polar surface area (TPSA) is 77.3 Å². The maximum atomic E-state index is 11.6. The van der Waals surface area contributed by atoms with Crippen molar-refractivity contribution in [2.75, 3.05) is 7.05 Å². The predicted octanol–water partition coefficient (Wildman–Crippen LogP) is 4.89. The number of aryl methyl sites for hydroxylation is 1. The molecular formula is C20H21N3O3S. The van der Waals surface area contributed by atoms with E-state index < -0.39 is 4.92 Å². The lowest BCUT2D eigenvalue weighted by molar-refractivity contribution is -0.385. The Labute approximate surface area is 162 Å². The first-order valence-electron chi connectivity index (χ1n) is 8.58. The van der Waals surface area contributed by atoms with Crippen molar-refractivity contribution >= 4 is 17.0 Å². The molecule has 0 saturated carbocycles. The summed E-state index contributed by atoms with van der Waals surface area (Å²) in [6, 6.07) is 13.1. The summed E-state index contributed by atoms with van der Waals surface area (Å²) in [7, 11) is 1.87. The molecular weight excluding hydrogens is 362 g/mol. The molecule has 6 nitrogen and oxygen atoms in total. The molecule has 0 fully saturated rings. The Morgan fingerprint density at radius 3 is 2.70 bits per heavy atom. The van der Waals surface area contributed by atoms with Gasteiger partial charge in [0.15, 0.2) is 0 Å². The van der Waals surface area contributed by atoms with Gasteiger partial charge in [-0.2, -0.15) is 0 Å². The number of ether oxygens (including phenoxy) is 1. The Bertz CT molecular complexity index is 941. The largest absolute Gasteiger partial charge is 0.481 e. The number of hydrogen-bond donors (Lipinski definition) is 1. The normalized spacial score (nSPS) is 12.0. The Kier molecular flexibility index (Phi) is 5.83. The van der Waals surface area contributed by atoms with E-state index in [-0.39, 0.29) is 24.1 Å². The van der Waals surface area contributed by atoms with Crippen LogP contribution < -0.4 is 10.1 Å². The van der Waals surface area contributed by atoms with Crippen LogP contribution in [0.1, 0.15) is 29.1 Å². The van der Waals surface area contributed by atoms with Crippen molar-refractivity contribution in [3.63, 3.8) is 0 Å². The highest BCUT2D eigenvalue weighted by atomic mass is 32.1. The molecule has 0 aliphatic rings. The highest BCUT2D eigenvalue weighted by Crippen LogP contribution is 2.40. The molecule has 1 unspecified atom stereocenters. The summed E-state index contributed by atoms with van der Waals surface area (Å²) in [4.78, 5) is 15.9. The summed E-state index contributed by atoms with van der Waals surface area (Å²) in [5.74, 6) is 0.253. The van der Waals surface area contributed by atoms with Gasteiger partial charge >= 0.3 is 5.69 Å². The van der Waals surface area contributed by atoms with Crippen LogP contribution in [0.5, 0.6) is 5.75 Å². The number of aromatic nitrogens is 1. The van der Waals surface area contributed by atoms with Crippen molar-refractivity contribution in [1.29, 1.82) is 0 Å². The fraction of sp³-hybridized carbons (Fsp3) is 0.250. The van der Waals surface area contributed by atoms with Gasteiger partial charge in [-0.05, 0) is 38.1 Å². The molecule has 0 amide bonds. The number of nitrogens with zero attached hydrogens (tertiary/aromatic N) is 2. The average Bonchev–Trinajstić information content (AvgIpc) is 3.16. The molecule has 0 bridgehead atoms. The Hall–Kier alpha value is -2.77. The van der Waals surface area contributed by atoms with E-state index in [9.17, 15) is 10.1 Å². The maximum absolute atomic E-state index is 11.6.